The van der Waals surface area contributed by atoms with E-state index in [4.69, 9.17) is 11.7 Å². The van der Waals surface area contributed by atoms with Crippen LogP contribution < -0.4 is 0 Å². The van der Waals surface area contributed by atoms with Crippen molar-refractivity contribution in [2.45, 2.75) is 37.5 Å². The Hall–Kier alpha value is -0.590. The lowest BCUT2D eigenvalue weighted by Gasteiger charge is -2.23. The molecule has 0 spiro atoms. The molecule has 0 radical (unpaired) electrons. The van der Waals surface area contributed by atoms with Crippen LogP contribution in [0.5, 0.6) is 0 Å². The van der Waals surface area contributed by atoms with Gasteiger partial charge in [-0.2, -0.15) is 0 Å². The van der Waals surface area contributed by atoms with Gasteiger partial charge in [0, 0.05) is 6.42 Å². The van der Waals surface area contributed by atoms with Crippen molar-refractivity contribution in [3.05, 3.63) is 11.4 Å². The lowest BCUT2D eigenvalue weighted by Crippen LogP contribution is -2.39. The summed E-state index contributed by atoms with van der Waals surface area (Å²) >= 11 is 0. The normalized spacial score (nSPS) is 40.7. The molecule has 56 valence electrons. The topological polar surface area (TPSA) is 44.8 Å². The first-order chi connectivity index (χ1) is 4.75. The second kappa shape index (κ2) is 3.00. The highest BCUT2D eigenvalue weighted by Gasteiger charge is 2.34. The van der Waals surface area contributed by atoms with Crippen LogP contribution in [0.2, 0.25) is 0 Å². The lowest BCUT2D eigenvalue weighted by atomic mass is 9.91. The molecular weight excluding hydrogens is 130 g/mol. The molecule has 0 aromatic rings. The van der Waals surface area contributed by atoms with E-state index in [1.54, 1.807) is 0 Å². The molecule has 1 aliphatic rings. The standard InChI is InChI=1S/C7H11NO2/c1-8-5-3-2-4-6(9)7(5)10/h5-7,9-10H,2-4H2. The first-order valence-electron chi connectivity index (χ1n) is 3.48. The van der Waals surface area contributed by atoms with Crippen molar-refractivity contribution in [2.75, 3.05) is 0 Å². The lowest BCUT2D eigenvalue weighted by molar-refractivity contribution is -0.0127. The minimum absolute atomic E-state index is 0.372. The Morgan fingerprint density at radius 1 is 1.30 bits per heavy atom. The van der Waals surface area contributed by atoms with E-state index >= 15 is 0 Å². The van der Waals surface area contributed by atoms with E-state index in [2.05, 4.69) is 4.85 Å². The number of aliphatic hydroxyl groups is 2. The van der Waals surface area contributed by atoms with Gasteiger partial charge >= 0.3 is 0 Å². The number of nitrogens with zero attached hydrogens (tertiary/aromatic N) is 1. The van der Waals surface area contributed by atoms with Crippen LogP contribution in [0.3, 0.4) is 0 Å². The predicted molar refractivity (Wildman–Crippen MR) is 36.3 cm³/mol. The summed E-state index contributed by atoms with van der Waals surface area (Å²) in [5.74, 6) is 0. The first kappa shape index (κ1) is 7.52. The minimum Gasteiger partial charge on any atom is -0.390 e. The second-order valence-electron chi connectivity index (χ2n) is 2.69. The smallest absolute Gasteiger partial charge is 0.251 e. The van der Waals surface area contributed by atoms with E-state index < -0.39 is 12.2 Å². The van der Waals surface area contributed by atoms with Crippen molar-refractivity contribution in [1.82, 2.24) is 0 Å². The molecule has 1 saturated carbocycles. The highest BCUT2D eigenvalue weighted by atomic mass is 16.3. The molecule has 0 saturated heterocycles. The Bertz CT molecular complexity index is 152. The zero-order valence-electron chi connectivity index (χ0n) is 5.70. The summed E-state index contributed by atoms with van der Waals surface area (Å²) < 4.78 is 0. The van der Waals surface area contributed by atoms with Crippen LogP contribution in [-0.2, 0) is 0 Å². The highest BCUT2D eigenvalue weighted by Crippen LogP contribution is 2.21. The van der Waals surface area contributed by atoms with Gasteiger partial charge in [-0.15, -0.1) is 0 Å². The van der Waals surface area contributed by atoms with E-state index in [1.165, 1.54) is 0 Å². The minimum atomic E-state index is -0.814. The van der Waals surface area contributed by atoms with Crippen molar-refractivity contribution >= 4 is 0 Å². The zero-order valence-corrected chi connectivity index (χ0v) is 5.70. The van der Waals surface area contributed by atoms with Gasteiger partial charge in [0.1, 0.15) is 0 Å². The quantitative estimate of drug-likeness (QED) is 0.473. The summed E-state index contributed by atoms with van der Waals surface area (Å²) in [5, 5.41) is 18.3. The summed E-state index contributed by atoms with van der Waals surface area (Å²) in [7, 11) is 0. The Morgan fingerprint density at radius 2 is 2.00 bits per heavy atom. The molecule has 2 N–H and O–H groups in total. The molecule has 0 aromatic heterocycles. The molecule has 3 atom stereocenters. The maximum Gasteiger partial charge on any atom is 0.251 e. The van der Waals surface area contributed by atoms with Gasteiger partial charge in [0.2, 0.25) is 0 Å². The Labute approximate surface area is 60.1 Å². The summed E-state index contributed by atoms with van der Waals surface area (Å²) in [6.07, 6.45) is 0.722. The van der Waals surface area contributed by atoms with Crippen molar-refractivity contribution in [1.29, 1.82) is 0 Å². The molecule has 1 rings (SSSR count). The Morgan fingerprint density at radius 3 is 2.50 bits per heavy atom. The van der Waals surface area contributed by atoms with Gasteiger partial charge in [-0.25, -0.2) is 6.57 Å². The van der Waals surface area contributed by atoms with E-state index in [-0.39, 0.29) is 6.04 Å². The molecule has 3 heteroatoms. The van der Waals surface area contributed by atoms with Crippen molar-refractivity contribution in [3.8, 4) is 0 Å². The van der Waals surface area contributed by atoms with Crippen LogP contribution in [0.1, 0.15) is 19.3 Å². The molecule has 0 aromatic carbocycles. The third-order valence-electron chi connectivity index (χ3n) is 1.95. The van der Waals surface area contributed by atoms with E-state index in [9.17, 15) is 5.11 Å². The van der Waals surface area contributed by atoms with E-state index in [1.807, 2.05) is 0 Å². The number of hydrogen-bond acceptors (Lipinski definition) is 2. The molecule has 0 bridgehead atoms. The van der Waals surface area contributed by atoms with Gasteiger partial charge < -0.3 is 15.1 Å². The summed E-state index contributed by atoms with van der Waals surface area (Å²) in [6, 6.07) is -0.372. The molecule has 0 amide bonds. The SMILES string of the molecule is [C-]#[N+]C1CCCC(O)C1O. The third kappa shape index (κ3) is 1.28. The van der Waals surface area contributed by atoms with Crippen LogP contribution >= 0.6 is 0 Å². The number of rotatable bonds is 0. The van der Waals surface area contributed by atoms with Crippen LogP contribution in [0.15, 0.2) is 0 Å². The predicted octanol–water partition coefficient (Wildman–Crippen LogP) is 0.180. The molecule has 1 fully saturated rings. The Balaban J connectivity index is 2.53. The van der Waals surface area contributed by atoms with Gasteiger partial charge in [0.05, 0.1) is 6.10 Å². The van der Waals surface area contributed by atoms with Crippen LogP contribution in [0.25, 0.3) is 4.85 Å². The monoisotopic (exact) mass is 141 g/mol. The third-order valence-corrected chi connectivity index (χ3v) is 1.95. The van der Waals surface area contributed by atoms with Crippen LogP contribution in [0, 0.1) is 6.57 Å². The molecule has 10 heavy (non-hydrogen) atoms. The fourth-order valence-corrected chi connectivity index (χ4v) is 1.27. The molecule has 3 unspecified atom stereocenters. The van der Waals surface area contributed by atoms with Gasteiger partial charge in [0.15, 0.2) is 6.10 Å². The summed E-state index contributed by atoms with van der Waals surface area (Å²) in [4.78, 5) is 3.22. The molecular formula is C7H11NO2. The maximum absolute atomic E-state index is 9.17. The van der Waals surface area contributed by atoms with Gasteiger partial charge in [0.25, 0.3) is 6.04 Å². The van der Waals surface area contributed by atoms with Crippen molar-refractivity contribution < 1.29 is 10.2 Å². The van der Waals surface area contributed by atoms with Gasteiger partial charge in [-0.05, 0) is 12.8 Å². The molecule has 0 heterocycles. The average Bonchev–Trinajstić information content (AvgIpc) is 1.95. The second-order valence-corrected chi connectivity index (χ2v) is 2.69. The highest BCUT2D eigenvalue weighted by molar-refractivity contribution is 4.93. The van der Waals surface area contributed by atoms with Crippen LogP contribution in [-0.4, -0.2) is 28.5 Å². The van der Waals surface area contributed by atoms with Gasteiger partial charge in [-0.3, -0.25) is 0 Å². The molecule has 3 nitrogen and oxygen atoms in total. The van der Waals surface area contributed by atoms with Crippen LogP contribution in [0.4, 0.5) is 0 Å². The number of hydrogen-bond donors (Lipinski definition) is 2. The Kier molecular flexibility index (Phi) is 2.25. The largest absolute Gasteiger partial charge is 0.390 e. The summed E-state index contributed by atoms with van der Waals surface area (Å²) in [5.41, 5.74) is 0. The van der Waals surface area contributed by atoms with E-state index in [0.717, 1.165) is 12.8 Å². The van der Waals surface area contributed by atoms with Crippen molar-refractivity contribution in [2.24, 2.45) is 0 Å². The van der Waals surface area contributed by atoms with E-state index in [0.29, 0.717) is 6.42 Å². The fraction of sp³-hybridized carbons (Fsp3) is 0.857. The number of aliphatic hydroxyl groups excluding tert-OH is 2. The zero-order chi connectivity index (χ0) is 7.56. The summed E-state index contributed by atoms with van der Waals surface area (Å²) in [6.45, 7) is 6.67. The molecule has 1 aliphatic carbocycles. The van der Waals surface area contributed by atoms with Gasteiger partial charge in [-0.1, -0.05) is 0 Å². The van der Waals surface area contributed by atoms with Crippen molar-refractivity contribution in [3.63, 3.8) is 0 Å². The maximum atomic E-state index is 9.17. The fourth-order valence-electron chi connectivity index (χ4n) is 1.27. The average molecular weight is 141 g/mol. The first-order valence-corrected chi connectivity index (χ1v) is 3.48. The molecule has 0 aliphatic heterocycles.